The predicted molar refractivity (Wildman–Crippen MR) is 149 cm³/mol. The van der Waals surface area contributed by atoms with Crippen molar-refractivity contribution in [2.75, 3.05) is 47.1 Å². The van der Waals surface area contributed by atoms with Gasteiger partial charge in [-0.25, -0.2) is 4.79 Å². The Hall–Kier alpha value is -4.29. The fraction of sp³-hybridized carbons (Fsp3) is 0.433. The van der Waals surface area contributed by atoms with Crippen molar-refractivity contribution < 1.29 is 43.0 Å². The van der Waals surface area contributed by atoms with Gasteiger partial charge in [-0.3, -0.25) is 24.0 Å². The summed E-state index contributed by atoms with van der Waals surface area (Å²) in [6.07, 6.45) is 0.408. The number of methoxy groups -OCH3 is 2. The van der Waals surface area contributed by atoms with Crippen LogP contribution in [-0.4, -0.2) is 82.0 Å². The quantitative estimate of drug-likeness (QED) is 0.195. The molecule has 4 rings (SSSR count). The van der Waals surface area contributed by atoms with Gasteiger partial charge in [-0.15, -0.1) is 0 Å². The first-order chi connectivity index (χ1) is 20.3. The summed E-state index contributed by atoms with van der Waals surface area (Å²) in [5, 5.41) is 6.10. The number of benzene rings is 2. The standard InChI is InChI=1S/C30H35N3O9/c1-39-15-13-31-25(34)8-3-5-19-9-10-21-23(17-19)24(18-41-30(38)42-33-26(35)11-12-27(33)36)20-6-4-7-22(28(20)21)29(37)32-14-16-40-2/h4,6-7,9-10,17,24H,3,5,8,11-16,18H2,1-2H3,(H,31,34)(H,32,37). The van der Waals surface area contributed by atoms with Crippen LogP contribution in [0.15, 0.2) is 36.4 Å². The first-order valence-electron chi connectivity index (χ1n) is 13.8. The maximum atomic E-state index is 13.1. The van der Waals surface area contributed by atoms with Crippen molar-refractivity contribution in [1.82, 2.24) is 15.7 Å². The Labute approximate surface area is 243 Å². The highest BCUT2D eigenvalue weighted by atomic mass is 16.8. The molecule has 2 aliphatic rings. The van der Waals surface area contributed by atoms with Crippen LogP contribution in [0, 0.1) is 0 Å². The highest BCUT2D eigenvalue weighted by Crippen LogP contribution is 2.47. The van der Waals surface area contributed by atoms with Gasteiger partial charge in [-0.1, -0.05) is 35.4 Å². The number of hydrogen-bond acceptors (Lipinski definition) is 9. The largest absolute Gasteiger partial charge is 0.533 e. The van der Waals surface area contributed by atoms with Crippen LogP contribution in [0.2, 0.25) is 0 Å². The molecular formula is C30H35N3O9. The van der Waals surface area contributed by atoms with Crippen LogP contribution in [0.1, 0.15) is 58.6 Å². The molecule has 224 valence electrons. The van der Waals surface area contributed by atoms with Gasteiger partial charge in [0.15, 0.2) is 0 Å². The predicted octanol–water partition coefficient (Wildman–Crippen LogP) is 2.48. The van der Waals surface area contributed by atoms with E-state index in [0.29, 0.717) is 56.2 Å². The zero-order valence-electron chi connectivity index (χ0n) is 23.7. The van der Waals surface area contributed by atoms with Crippen LogP contribution in [-0.2, 0) is 39.9 Å². The summed E-state index contributed by atoms with van der Waals surface area (Å²) >= 11 is 0. The van der Waals surface area contributed by atoms with Gasteiger partial charge in [0.25, 0.3) is 17.7 Å². The van der Waals surface area contributed by atoms with Gasteiger partial charge in [-0.05, 0) is 46.7 Å². The number of nitrogens with zero attached hydrogens (tertiary/aromatic N) is 1. The van der Waals surface area contributed by atoms with Crippen molar-refractivity contribution in [3.05, 3.63) is 58.7 Å². The summed E-state index contributed by atoms with van der Waals surface area (Å²) in [7, 11) is 3.13. The lowest BCUT2D eigenvalue weighted by Crippen LogP contribution is -2.32. The Morgan fingerprint density at radius 1 is 0.929 bits per heavy atom. The summed E-state index contributed by atoms with van der Waals surface area (Å²) in [5.41, 5.74) is 4.67. The summed E-state index contributed by atoms with van der Waals surface area (Å²) in [4.78, 5) is 66.2. The average molecular weight is 582 g/mol. The number of ether oxygens (including phenoxy) is 3. The molecule has 0 saturated carbocycles. The number of fused-ring (bicyclic) bond motifs is 3. The first-order valence-corrected chi connectivity index (χ1v) is 13.8. The van der Waals surface area contributed by atoms with Crippen molar-refractivity contribution in [2.24, 2.45) is 0 Å². The highest BCUT2D eigenvalue weighted by molar-refractivity contribution is 6.03. The Bertz CT molecular complexity index is 1330. The SMILES string of the molecule is COCCNC(=O)CCCc1ccc2c(c1)C(COC(=O)ON1C(=O)CCC1=O)c1cccc(C(=O)NCCOC)c1-2. The molecule has 2 N–H and O–H groups in total. The van der Waals surface area contributed by atoms with Crippen molar-refractivity contribution in [3.8, 4) is 11.1 Å². The van der Waals surface area contributed by atoms with Crippen molar-refractivity contribution in [1.29, 1.82) is 0 Å². The van der Waals surface area contributed by atoms with E-state index in [1.165, 1.54) is 0 Å². The third kappa shape index (κ3) is 7.31. The highest BCUT2D eigenvalue weighted by Gasteiger charge is 2.36. The first kappa shape index (κ1) is 30.7. The Morgan fingerprint density at radius 2 is 1.64 bits per heavy atom. The normalized spacial score (nSPS) is 15.3. The Kier molecular flexibility index (Phi) is 10.6. The van der Waals surface area contributed by atoms with Crippen molar-refractivity contribution >= 4 is 29.8 Å². The van der Waals surface area contributed by atoms with E-state index in [2.05, 4.69) is 10.6 Å². The molecule has 2 aromatic rings. The molecule has 1 aliphatic carbocycles. The summed E-state index contributed by atoms with van der Waals surface area (Å²) in [6, 6.07) is 11.3. The van der Waals surface area contributed by atoms with E-state index >= 15 is 0 Å². The molecule has 1 fully saturated rings. The summed E-state index contributed by atoms with van der Waals surface area (Å²) < 4.78 is 15.4. The molecule has 0 spiro atoms. The number of carbonyl (C=O) groups is 5. The van der Waals surface area contributed by atoms with Crippen LogP contribution in [0.3, 0.4) is 0 Å². The van der Waals surface area contributed by atoms with E-state index in [1.807, 2.05) is 24.3 Å². The molecule has 0 radical (unpaired) electrons. The molecule has 42 heavy (non-hydrogen) atoms. The number of aryl methyl sites for hydroxylation is 1. The number of carbonyl (C=O) groups excluding carboxylic acids is 5. The topological polar surface area (TPSA) is 150 Å². The van der Waals surface area contributed by atoms with E-state index in [9.17, 15) is 24.0 Å². The number of hydrogen-bond donors (Lipinski definition) is 2. The number of imide groups is 1. The maximum Gasteiger partial charge on any atom is 0.533 e. The average Bonchev–Trinajstić information content (AvgIpc) is 3.47. The molecule has 12 nitrogen and oxygen atoms in total. The number of rotatable bonds is 14. The van der Waals surface area contributed by atoms with Gasteiger partial charge < -0.3 is 24.8 Å². The van der Waals surface area contributed by atoms with E-state index in [0.717, 1.165) is 27.8 Å². The zero-order valence-corrected chi connectivity index (χ0v) is 23.7. The molecule has 1 saturated heterocycles. The van der Waals surface area contributed by atoms with Gasteiger partial charge in [0.1, 0.15) is 6.61 Å². The van der Waals surface area contributed by atoms with Crippen LogP contribution < -0.4 is 10.6 Å². The van der Waals surface area contributed by atoms with Gasteiger partial charge in [0, 0.05) is 58.1 Å². The Morgan fingerprint density at radius 3 is 2.36 bits per heavy atom. The van der Waals surface area contributed by atoms with Crippen molar-refractivity contribution in [3.63, 3.8) is 0 Å². The summed E-state index contributed by atoms with van der Waals surface area (Å²) in [6.45, 7) is 1.47. The van der Waals surface area contributed by atoms with Crippen LogP contribution in [0.25, 0.3) is 11.1 Å². The molecule has 1 heterocycles. The van der Waals surface area contributed by atoms with E-state index < -0.39 is 23.9 Å². The number of amides is 4. The molecule has 1 unspecified atom stereocenters. The van der Waals surface area contributed by atoms with Crippen LogP contribution in [0.4, 0.5) is 4.79 Å². The number of nitrogens with one attached hydrogen (secondary N) is 2. The van der Waals surface area contributed by atoms with Crippen LogP contribution in [0.5, 0.6) is 0 Å². The van der Waals surface area contributed by atoms with E-state index in [-0.39, 0.29) is 31.3 Å². The minimum absolute atomic E-state index is 0.0255. The van der Waals surface area contributed by atoms with Gasteiger partial charge >= 0.3 is 6.16 Å². The lowest BCUT2D eigenvalue weighted by molar-refractivity contribution is -0.177. The third-order valence-electron chi connectivity index (χ3n) is 7.11. The van der Waals surface area contributed by atoms with Gasteiger partial charge in [0.05, 0.1) is 13.2 Å². The summed E-state index contributed by atoms with van der Waals surface area (Å²) in [5.74, 6) is -1.95. The number of hydroxylamine groups is 2. The maximum absolute atomic E-state index is 13.1. The molecule has 1 atom stereocenters. The molecule has 2 aromatic carbocycles. The lowest BCUT2D eigenvalue weighted by Gasteiger charge is -2.17. The minimum Gasteiger partial charge on any atom is -0.432 e. The van der Waals surface area contributed by atoms with Crippen molar-refractivity contribution in [2.45, 2.75) is 38.0 Å². The van der Waals surface area contributed by atoms with E-state index in [1.54, 1.807) is 26.4 Å². The third-order valence-corrected chi connectivity index (χ3v) is 7.11. The minimum atomic E-state index is -1.17. The monoisotopic (exact) mass is 581 g/mol. The second kappa shape index (κ2) is 14.6. The second-order valence-electron chi connectivity index (χ2n) is 9.92. The fourth-order valence-corrected chi connectivity index (χ4v) is 5.09. The Balaban J connectivity index is 1.53. The molecule has 1 aliphatic heterocycles. The van der Waals surface area contributed by atoms with Gasteiger partial charge in [-0.2, -0.15) is 0 Å². The molecular weight excluding hydrogens is 546 g/mol. The van der Waals surface area contributed by atoms with Gasteiger partial charge in [0.2, 0.25) is 5.91 Å². The molecule has 0 bridgehead atoms. The lowest BCUT2D eigenvalue weighted by atomic mass is 9.95. The molecule has 12 heteroatoms. The second-order valence-corrected chi connectivity index (χ2v) is 9.92. The van der Waals surface area contributed by atoms with E-state index in [4.69, 9.17) is 19.0 Å². The fourth-order valence-electron chi connectivity index (χ4n) is 5.09. The molecule has 0 aromatic heterocycles. The molecule has 4 amide bonds. The smallest absolute Gasteiger partial charge is 0.432 e. The van der Waals surface area contributed by atoms with Crippen LogP contribution >= 0.6 is 0 Å². The zero-order chi connectivity index (χ0) is 30.1.